The average Bonchev–Trinajstić information content (AvgIpc) is 2.28. The Morgan fingerprint density at radius 3 is 2.71 bits per heavy atom. The summed E-state index contributed by atoms with van der Waals surface area (Å²) in [5.74, 6) is 0.234. The molecule has 0 aliphatic rings. The van der Waals surface area contributed by atoms with Gasteiger partial charge in [0, 0.05) is 11.8 Å². The molecule has 0 amide bonds. The third-order valence-corrected chi connectivity index (χ3v) is 2.56. The van der Waals surface area contributed by atoms with Gasteiger partial charge in [0.05, 0.1) is 0 Å². The Morgan fingerprint density at radius 1 is 1.18 bits per heavy atom. The van der Waals surface area contributed by atoms with Crippen molar-refractivity contribution in [2.45, 2.75) is 13.5 Å². The number of halogens is 1. The minimum Gasteiger partial charge on any atom is -0.489 e. The quantitative estimate of drug-likeness (QED) is 0.822. The summed E-state index contributed by atoms with van der Waals surface area (Å²) in [6.07, 6.45) is 0. The third kappa shape index (κ3) is 2.97. The van der Waals surface area contributed by atoms with E-state index in [-0.39, 0.29) is 5.82 Å². The summed E-state index contributed by atoms with van der Waals surface area (Å²) in [4.78, 5) is 0. The van der Waals surface area contributed by atoms with Crippen molar-refractivity contribution in [3.8, 4) is 5.75 Å². The number of nitrogens with two attached hydrogens (primary N) is 1. The molecule has 0 spiro atoms. The fourth-order valence-electron chi connectivity index (χ4n) is 1.60. The molecular formula is C14H14FNO. The van der Waals surface area contributed by atoms with Crippen molar-refractivity contribution >= 4 is 5.69 Å². The Hall–Kier alpha value is -2.03. The Labute approximate surface area is 99.8 Å². The van der Waals surface area contributed by atoms with Crippen LogP contribution in [0.25, 0.3) is 0 Å². The van der Waals surface area contributed by atoms with Crippen molar-refractivity contribution in [2.75, 3.05) is 5.73 Å². The predicted molar refractivity (Wildman–Crippen MR) is 66.3 cm³/mol. The van der Waals surface area contributed by atoms with Crippen LogP contribution in [-0.4, -0.2) is 0 Å². The normalized spacial score (nSPS) is 10.2. The topological polar surface area (TPSA) is 35.2 Å². The van der Waals surface area contributed by atoms with Gasteiger partial charge in [-0.25, -0.2) is 4.39 Å². The van der Waals surface area contributed by atoms with E-state index in [0.29, 0.717) is 12.4 Å². The lowest BCUT2D eigenvalue weighted by Gasteiger charge is -2.09. The highest BCUT2D eigenvalue weighted by atomic mass is 19.1. The molecule has 17 heavy (non-hydrogen) atoms. The number of rotatable bonds is 3. The molecule has 0 aromatic heterocycles. The monoisotopic (exact) mass is 231 g/mol. The van der Waals surface area contributed by atoms with Gasteiger partial charge in [-0.2, -0.15) is 0 Å². The molecule has 0 saturated carbocycles. The van der Waals surface area contributed by atoms with Crippen LogP contribution >= 0.6 is 0 Å². The predicted octanol–water partition coefficient (Wildman–Crippen LogP) is 3.30. The first-order chi connectivity index (χ1) is 8.15. The van der Waals surface area contributed by atoms with Crippen LogP contribution in [0, 0.1) is 12.7 Å². The molecule has 2 aromatic rings. The molecule has 0 atom stereocenters. The first-order valence-corrected chi connectivity index (χ1v) is 5.38. The van der Waals surface area contributed by atoms with Gasteiger partial charge in [-0.3, -0.25) is 0 Å². The highest BCUT2D eigenvalue weighted by Crippen LogP contribution is 2.17. The second-order valence-electron chi connectivity index (χ2n) is 3.93. The molecule has 0 bridgehead atoms. The lowest BCUT2D eigenvalue weighted by atomic mass is 10.1. The smallest absolute Gasteiger partial charge is 0.126 e. The number of hydrogen-bond acceptors (Lipinski definition) is 2. The van der Waals surface area contributed by atoms with Gasteiger partial charge in [0.25, 0.3) is 0 Å². The van der Waals surface area contributed by atoms with Crippen molar-refractivity contribution in [3.05, 3.63) is 59.4 Å². The molecule has 88 valence electrons. The first kappa shape index (κ1) is 11.5. The summed E-state index contributed by atoms with van der Waals surface area (Å²) in [5, 5.41) is 0. The molecule has 0 unspecified atom stereocenters. The largest absolute Gasteiger partial charge is 0.489 e. The maximum atomic E-state index is 12.9. The molecule has 0 radical (unpaired) electrons. The van der Waals surface area contributed by atoms with Crippen molar-refractivity contribution in [3.63, 3.8) is 0 Å². The molecule has 2 nitrogen and oxygen atoms in total. The lowest BCUT2D eigenvalue weighted by Crippen LogP contribution is -1.99. The van der Waals surface area contributed by atoms with Gasteiger partial charge in [0.15, 0.2) is 0 Å². The molecule has 0 aliphatic carbocycles. The highest BCUT2D eigenvalue weighted by molar-refractivity contribution is 5.44. The van der Waals surface area contributed by atoms with Crippen LogP contribution < -0.4 is 10.5 Å². The molecule has 0 saturated heterocycles. The summed E-state index contributed by atoms with van der Waals surface area (Å²) >= 11 is 0. The first-order valence-electron chi connectivity index (χ1n) is 5.38. The number of anilines is 1. The van der Waals surface area contributed by atoms with Crippen molar-refractivity contribution in [1.82, 2.24) is 0 Å². The van der Waals surface area contributed by atoms with Crippen LogP contribution in [0.5, 0.6) is 5.75 Å². The Bertz CT molecular complexity index is 525. The SMILES string of the molecule is Cc1cc(N)ccc1COc1cccc(F)c1. The molecule has 2 N–H and O–H groups in total. The van der Waals surface area contributed by atoms with Crippen LogP contribution in [-0.2, 0) is 6.61 Å². The Kier molecular flexibility index (Phi) is 3.28. The van der Waals surface area contributed by atoms with E-state index < -0.39 is 0 Å². The highest BCUT2D eigenvalue weighted by Gasteiger charge is 2.01. The van der Waals surface area contributed by atoms with E-state index in [4.69, 9.17) is 10.5 Å². The van der Waals surface area contributed by atoms with Gasteiger partial charge in [0.2, 0.25) is 0 Å². The van der Waals surface area contributed by atoms with Crippen molar-refractivity contribution in [2.24, 2.45) is 0 Å². The van der Waals surface area contributed by atoms with Crippen LogP contribution in [0.2, 0.25) is 0 Å². The zero-order chi connectivity index (χ0) is 12.3. The van der Waals surface area contributed by atoms with E-state index in [2.05, 4.69) is 0 Å². The second-order valence-corrected chi connectivity index (χ2v) is 3.93. The number of nitrogen functional groups attached to an aromatic ring is 1. The third-order valence-electron chi connectivity index (χ3n) is 2.56. The van der Waals surface area contributed by atoms with E-state index >= 15 is 0 Å². The minimum atomic E-state index is -0.295. The maximum absolute atomic E-state index is 12.9. The van der Waals surface area contributed by atoms with Crippen molar-refractivity contribution < 1.29 is 9.13 Å². The Morgan fingerprint density at radius 2 is 2.00 bits per heavy atom. The van der Waals surface area contributed by atoms with Gasteiger partial charge in [0.1, 0.15) is 18.2 Å². The number of hydrogen-bond donors (Lipinski definition) is 1. The lowest BCUT2D eigenvalue weighted by molar-refractivity contribution is 0.304. The van der Waals surface area contributed by atoms with Gasteiger partial charge in [-0.05, 0) is 42.3 Å². The summed E-state index contributed by atoms with van der Waals surface area (Å²) in [6, 6.07) is 11.8. The van der Waals surface area contributed by atoms with E-state index in [1.165, 1.54) is 12.1 Å². The van der Waals surface area contributed by atoms with Crippen LogP contribution in [0.1, 0.15) is 11.1 Å². The zero-order valence-corrected chi connectivity index (χ0v) is 9.61. The second kappa shape index (κ2) is 4.87. The van der Waals surface area contributed by atoms with Crippen LogP contribution in [0.3, 0.4) is 0 Å². The molecule has 3 heteroatoms. The van der Waals surface area contributed by atoms with Crippen LogP contribution in [0.15, 0.2) is 42.5 Å². The summed E-state index contributed by atoms with van der Waals surface area (Å²) < 4.78 is 18.4. The number of aryl methyl sites for hydroxylation is 1. The van der Waals surface area contributed by atoms with Gasteiger partial charge in [-0.15, -0.1) is 0 Å². The molecular weight excluding hydrogens is 217 g/mol. The van der Waals surface area contributed by atoms with Gasteiger partial charge in [-0.1, -0.05) is 12.1 Å². The molecule has 2 aromatic carbocycles. The Balaban J connectivity index is 2.07. The van der Waals surface area contributed by atoms with E-state index in [0.717, 1.165) is 16.8 Å². The molecule has 0 fully saturated rings. The molecule has 2 rings (SSSR count). The zero-order valence-electron chi connectivity index (χ0n) is 9.61. The van der Waals surface area contributed by atoms with Gasteiger partial charge < -0.3 is 10.5 Å². The summed E-state index contributed by atoms with van der Waals surface area (Å²) in [5.41, 5.74) is 8.51. The standard InChI is InChI=1S/C14H14FNO/c1-10-7-13(16)6-5-11(10)9-17-14-4-2-3-12(15)8-14/h2-8H,9,16H2,1H3. The van der Waals surface area contributed by atoms with E-state index in [9.17, 15) is 4.39 Å². The molecule has 0 heterocycles. The van der Waals surface area contributed by atoms with E-state index in [1.54, 1.807) is 12.1 Å². The average molecular weight is 231 g/mol. The summed E-state index contributed by atoms with van der Waals surface area (Å²) in [7, 11) is 0. The fourth-order valence-corrected chi connectivity index (χ4v) is 1.60. The fraction of sp³-hybridized carbons (Fsp3) is 0.143. The number of benzene rings is 2. The van der Waals surface area contributed by atoms with Gasteiger partial charge >= 0.3 is 0 Å². The van der Waals surface area contributed by atoms with Crippen LogP contribution in [0.4, 0.5) is 10.1 Å². The maximum Gasteiger partial charge on any atom is 0.126 e. The number of ether oxygens (including phenoxy) is 1. The summed E-state index contributed by atoms with van der Waals surface area (Å²) in [6.45, 7) is 2.39. The minimum absolute atomic E-state index is 0.295. The van der Waals surface area contributed by atoms with E-state index in [1.807, 2.05) is 25.1 Å². The molecule has 0 aliphatic heterocycles. The van der Waals surface area contributed by atoms with Crippen molar-refractivity contribution in [1.29, 1.82) is 0 Å².